The van der Waals surface area contributed by atoms with E-state index in [-0.39, 0.29) is 12.3 Å². The predicted molar refractivity (Wildman–Crippen MR) is 98.0 cm³/mol. The smallest absolute Gasteiger partial charge is 0.228 e. The number of aromatic nitrogens is 3. The molecule has 2 N–H and O–H groups in total. The second kappa shape index (κ2) is 7.88. The summed E-state index contributed by atoms with van der Waals surface area (Å²) in [6, 6.07) is 6.39. The molecular weight excluding hydrogens is 357 g/mol. The highest BCUT2D eigenvalue weighted by Gasteiger charge is 2.11. The maximum absolute atomic E-state index is 13.1. The monoisotopic (exact) mass is 371 g/mol. The summed E-state index contributed by atoms with van der Waals surface area (Å²) in [6.45, 7) is 1.74. The van der Waals surface area contributed by atoms with E-state index in [1.54, 1.807) is 37.5 Å². The summed E-state index contributed by atoms with van der Waals surface area (Å²) >= 11 is 5.83. The molecule has 0 aliphatic rings. The van der Waals surface area contributed by atoms with Gasteiger partial charge in [0, 0.05) is 18.6 Å². The van der Waals surface area contributed by atoms with Crippen LogP contribution in [-0.4, -0.2) is 20.9 Å². The Balaban J connectivity index is 1.73. The largest absolute Gasteiger partial charge is 0.337 e. The first-order valence-electron chi connectivity index (χ1n) is 7.75. The Bertz CT molecular complexity index is 933. The van der Waals surface area contributed by atoms with Crippen LogP contribution in [0.3, 0.4) is 0 Å². The van der Waals surface area contributed by atoms with Crippen LogP contribution >= 0.6 is 11.6 Å². The quantitative estimate of drug-likeness (QED) is 0.665. The molecule has 0 aliphatic heterocycles. The van der Waals surface area contributed by atoms with Gasteiger partial charge >= 0.3 is 0 Å². The van der Waals surface area contributed by atoms with Gasteiger partial charge in [-0.05, 0) is 42.3 Å². The van der Waals surface area contributed by atoms with E-state index in [0.717, 1.165) is 0 Å². The van der Waals surface area contributed by atoms with Crippen LogP contribution in [0.4, 0.5) is 21.6 Å². The standard InChI is InChI=1S/C18H15ClFN5O/c1-11-6-16(20)22-8-12(11)7-18(26)25-14-4-5-21-10-15(14)24-17-3-2-13(19)9-23-17/h2-6,8-10H,7H2,1H3,(H,23,24)(H,21,25,26). The van der Waals surface area contributed by atoms with Gasteiger partial charge in [0.15, 0.2) is 0 Å². The number of carbonyl (C=O) groups excluding carboxylic acids is 1. The van der Waals surface area contributed by atoms with Gasteiger partial charge in [-0.2, -0.15) is 4.39 Å². The minimum Gasteiger partial charge on any atom is -0.337 e. The van der Waals surface area contributed by atoms with Crippen LogP contribution in [0.1, 0.15) is 11.1 Å². The van der Waals surface area contributed by atoms with Crippen molar-refractivity contribution >= 4 is 34.7 Å². The molecule has 0 aromatic carbocycles. The highest BCUT2D eigenvalue weighted by molar-refractivity contribution is 6.30. The van der Waals surface area contributed by atoms with Crippen LogP contribution in [0.2, 0.25) is 5.02 Å². The molecule has 0 saturated heterocycles. The summed E-state index contributed by atoms with van der Waals surface area (Å²) in [5.74, 6) is -0.251. The number of anilines is 3. The lowest BCUT2D eigenvalue weighted by atomic mass is 10.1. The van der Waals surface area contributed by atoms with E-state index in [4.69, 9.17) is 11.6 Å². The molecule has 6 nitrogen and oxygen atoms in total. The molecule has 0 unspecified atom stereocenters. The summed E-state index contributed by atoms with van der Waals surface area (Å²) in [7, 11) is 0. The van der Waals surface area contributed by atoms with Gasteiger partial charge in [0.2, 0.25) is 11.9 Å². The van der Waals surface area contributed by atoms with E-state index in [1.807, 2.05) is 0 Å². The third kappa shape index (κ3) is 4.52. The molecular formula is C18H15ClFN5O. The van der Waals surface area contributed by atoms with Crippen molar-refractivity contribution in [1.82, 2.24) is 15.0 Å². The summed E-state index contributed by atoms with van der Waals surface area (Å²) in [6.07, 6.45) is 6.12. The van der Waals surface area contributed by atoms with Crippen LogP contribution in [0.15, 0.2) is 49.1 Å². The van der Waals surface area contributed by atoms with Gasteiger partial charge in [0.1, 0.15) is 5.82 Å². The number of carbonyl (C=O) groups is 1. The van der Waals surface area contributed by atoms with Crippen molar-refractivity contribution in [2.24, 2.45) is 0 Å². The highest BCUT2D eigenvalue weighted by Crippen LogP contribution is 2.24. The minimum absolute atomic E-state index is 0.0834. The molecule has 3 aromatic rings. The third-order valence-electron chi connectivity index (χ3n) is 3.62. The van der Waals surface area contributed by atoms with Crippen molar-refractivity contribution in [2.45, 2.75) is 13.3 Å². The first-order chi connectivity index (χ1) is 12.5. The SMILES string of the molecule is Cc1cc(F)ncc1CC(=O)Nc1ccncc1Nc1ccc(Cl)cn1. The van der Waals surface area contributed by atoms with Crippen molar-refractivity contribution in [3.8, 4) is 0 Å². The molecule has 8 heteroatoms. The number of nitrogens with one attached hydrogen (secondary N) is 2. The highest BCUT2D eigenvalue weighted by atomic mass is 35.5. The Morgan fingerprint density at radius 2 is 2.00 bits per heavy atom. The van der Waals surface area contributed by atoms with Crippen molar-refractivity contribution in [1.29, 1.82) is 0 Å². The maximum Gasteiger partial charge on any atom is 0.228 e. The van der Waals surface area contributed by atoms with Gasteiger partial charge in [-0.15, -0.1) is 0 Å². The zero-order valence-corrected chi connectivity index (χ0v) is 14.6. The fourth-order valence-corrected chi connectivity index (χ4v) is 2.41. The van der Waals surface area contributed by atoms with Gasteiger partial charge in [0.05, 0.1) is 29.0 Å². The third-order valence-corrected chi connectivity index (χ3v) is 3.85. The first kappa shape index (κ1) is 17.8. The zero-order chi connectivity index (χ0) is 18.5. The molecule has 3 aromatic heterocycles. The first-order valence-corrected chi connectivity index (χ1v) is 8.12. The molecule has 0 spiro atoms. The Morgan fingerprint density at radius 3 is 2.73 bits per heavy atom. The number of hydrogen-bond donors (Lipinski definition) is 2. The number of halogens is 2. The van der Waals surface area contributed by atoms with Crippen molar-refractivity contribution < 1.29 is 9.18 Å². The fraction of sp³-hybridized carbons (Fsp3) is 0.111. The van der Waals surface area contributed by atoms with Crippen molar-refractivity contribution in [2.75, 3.05) is 10.6 Å². The number of nitrogens with zero attached hydrogens (tertiary/aromatic N) is 3. The Labute approximate surface area is 154 Å². The van der Waals surface area contributed by atoms with E-state index < -0.39 is 5.95 Å². The lowest BCUT2D eigenvalue weighted by molar-refractivity contribution is -0.115. The van der Waals surface area contributed by atoms with E-state index >= 15 is 0 Å². The molecule has 3 rings (SSSR count). The fourth-order valence-electron chi connectivity index (χ4n) is 2.29. The van der Waals surface area contributed by atoms with Crippen LogP contribution in [-0.2, 0) is 11.2 Å². The van der Waals surface area contributed by atoms with Gasteiger partial charge < -0.3 is 10.6 Å². The Kier molecular flexibility index (Phi) is 5.38. The summed E-state index contributed by atoms with van der Waals surface area (Å²) < 4.78 is 13.1. The van der Waals surface area contributed by atoms with Gasteiger partial charge in [-0.25, -0.2) is 9.97 Å². The molecule has 0 fully saturated rings. The summed E-state index contributed by atoms with van der Waals surface area (Å²) in [4.78, 5) is 24.2. The summed E-state index contributed by atoms with van der Waals surface area (Å²) in [5, 5.41) is 6.42. The maximum atomic E-state index is 13.1. The van der Waals surface area contributed by atoms with Crippen LogP contribution < -0.4 is 10.6 Å². The topological polar surface area (TPSA) is 79.8 Å². The van der Waals surface area contributed by atoms with Gasteiger partial charge in [0.25, 0.3) is 0 Å². The Morgan fingerprint density at radius 1 is 1.15 bits per heavy atom. The molecule has 3 heterocycles. The average Bonchev–Trinajstić information content (AvgIpc) is 2.61. The predicted octanol–water partition coefficient (Wildman–Crippen LogP) is 3.90. The second-order valence-electron chi connectivity index (χ2n) is 5.57. The minimum atomic E-state index is -0.567. The van der Waals surface area contributed by atoms with Crippen LogP contribution in [0.25, 0.3) is 0 Å². The van der Waals surface area contributed by atoms with E-state index in [0.29, 0.717) is 33.3 Å². The van der Waals surface area contributed by atoms with Crippen LogP contribution in [0.5, 0.6) is 0 Å². The lowest BCUT2D eigenvalue weighted by Gasteiger charge is -2.12. The van der Waals surface area contributed by atoms with Gasteiger partial charge in [-0.3, -0.25) is 9.78 Å². The number of pyridine rings is 3. The van der Waals surface area contributed by atoms with E-state index in [2.05, 4.69) is 25.6 Å². The number of amides is 1. The molecule has 26 heavy (non-hydrogen) atoms. The molecule has 0 saturated carbocycles. The van der Waals surface area contributed by atoms with E-state index in [9.17, 15) is 9.18 Å². The normalized spacial score (nSPS) is 10.4. The molecule has 1 amide bonds. The van der Waals surface area contributed by atoms with Crippen molar-refractivity contribution in [3.05, 3.63) is 71.2 Å². The molecule has 0 bridgehead atoms. The molecule has 0 radical (unpaired) electrons. The van der Waals surface area contributed by atoms with E-state index in [1.165, 1.54) is 18.5 Å². The number of rotatable bonds is 5. The molecule has 132 valence electrons. The average molecular weight is 372 g/mol. The van der Waals surface area contributed by atoms with Crippen LogP contribution in [0, 0.1) is 12.9 Å². The second-order valence-corrected chi connectivity index (χ2v) is 6.00. The summed E-state index contributed by atoms with van der Waals surface area (Å²) in [5.41, 5.74) is 2.47. The zero-order valence-electron chi connectivity index (χ0n) is 13.8. The number of hydrogen-bond acceptors (Lipinski definition) is 5. The molecule has 0 aliphatic carbocycles. The lowest BCUT2D eigenvalue weighted by Crippen LogP contribution is -2.16. The number of aryl methyl sites for hydroxylation is 1. The Hall–Kier alpha value is -3.06. The van der Waals surface area contributed by atoms with Gasteiger partial charge in [-0.1, -0.05) is 11.6 Å². The molecule has 0 atom stereocenters. The van der Waals surface area contributed by atoms with Crippen molar-refractivity contribution in [3.63, 3.8) is 0 Å².